The molecule has 4 aromatic carbocycles. The molecule has 2 amide bonds. The fourth-order valence-electron chi connectivity index (χ4n) is 5.06. The first kappa shape index (κ1) is 36.6. The molecule has 254 valence electrons. The smallest absolute Gasteiger partial charge is 0.264 e. The Bertz CT molecular complexity index is 1810. The van der Waals surface area contributed by atoms with Crippen LogP contribution in [-0.2, 0) is 32.6 Å². The zero-order chi connectivity index (χ0) is 34.8. The van der Waals surface area contributed by atoms with Gasteiger partial charge in [0, 0.05) is 35.1 Å². The van der Waals surface area contributed by atoms with Crippen LogP contribution in [0, 0.1) is 0 Å². The third kappa shape index (κ3) is 9.00. The van der Waals surface area contributed by atoms with E-state index in [4.69, 9.17) is 32.7 Å². The summed E-state index contributed by atoms with van der Waals surface area (Å²) in [6, 6.07) is 25.6. The number of sulfonamides is 1. The van der Waals surface area contributed by atoms with Crippen molar-refractivity contribution < 1.29 is 27.5 Å². The SMILES string of the molecule is CCC(C)NC(=O)C(Cc1ccccc1)N(Cc1ccc(Cl)cc1Cl)C(=O)CN(c1ccccc1)S(=O)(=O)c1ccc(OC)c(OC)c1. The average molecular weight is 713 g/mol. The second kappa shape index (κ2) is 16.7. The van der Waals surface area contributed by atoms with Crippen LogP contribution in [0.3, 0.4) is 0 Å². The molecule has 0 bridgehead atoms. The summed E-state index contributed by atoms with van der Waals surface area (Å²) in [7, 11) is -1.49. The van der Waals surface area contributed by atoms with Crippen LogP contribution < -0.4 is 19.1 Å². The Balaban J connectivity index is 1.83. The van der Waals surface area contributed by atoms with Crippen LogP contribution in [0.4, 0.5) is 5.69 Å². The van der Waals surface area contributed by atoms with E-state index in [0.29, 0.717) is 27.8 Å². The predicted molar refractivity (Wildman–Crippen MR) is 189 cm³/mol. The van der Waals surface area contributed by atoms with Crippen molar-refractivity contribution in [3.8, 4) is 11.5 Å². The molecule has 0 aromatic heterocycles. The monoisotopic (exact) mass is 711 g/mol. The van der Waals surface area contributed by atoms with Crippen LogP contribution in [0.1, 0.15) is 31.4 Å². The number of nitrogens with zero attached hydrogens (tertiary/aromatic N) is 2. The van der Waals surface area contributed by atoms with E-state index in [0.717, 1.165) is 9.87 Å². The van der Waals surface area contributed by atoms with Crippen LogP contribution >= 0.6 is 23.2 Å². The summed E-state index contributed by atoms with van der Waals surface area (Å²) in [6.45, 7) is 3.13. The van der Waals surface area contributed by atoms with Crippen LogP contribution in [0.2, 0.25) is 10.0 Å². The maximum Gasteiger partial charge on any atom is 0.264 e. The highest BCUT2D eigenvalue weighted by molar-refractivity contribution is 7.92. The maximum atomic E-state index is 14.6. The molecule has 9 nitrogen and oxygen atoms in total. The van der Waals surface area contributed by atoms with Gasteiger partial charge in [-0.25, -0.2) is 8.42 Å². The van der Waals surface area contributed by atoms with Crippen molar-refractivity contribution in [1.29, 1.82) is 0 Å². The minimum Gasteiger partial charge on any atom is -0.493 e. The molecule has 0 spiro atoms. The number of amides is 2. The molecular formula is C36H39Cl2N3O6S. The Morgan fingerprint density at radius 2 is 1.50 bits per heavy atom. The largest absolute Gasteiger partial charge is 0.493 e. The molecule has 4 rings (SSSR count). The van der Waals surface area contributed by atoms with E-state index in [-0.39, 0.29) is 41.2 Å². The summed E-state index contributed by atoms with van der Waals surface area (Å²) < 4.78 is 40.4. The molecule has 0 saturated carbocycles. The van der Waals surface area contributed by atoms with Gasteiger partial charge in [-0.15, -0.1) is 0 Å². The standard InChI is InChI=1S/C36H39Cl2N3O6S/c1-5-25(2)39-36(43)32(20-26-12-8-6-9-13-26)40(23-27-16-17-28(37)21-31(27)38)35(42)24-41(29-14-10-7-11-15-29)48(44,45)30-18-19-33(46-3)34(22-30)47-4/h6-19,21-22,25,32H,5,20,23-24H2,1-4H3,(H,39,43). The molecule has 4 aromatic rings. The highest BCUT2D eigenvalue weighted by Gasteiger charge is 2.35. The van der Waals surface area contributed by atoms with E-state index >= 15 is 0 Å². The molecule has 0 saturated heterocycles. The molecule has 2 atom stereocenters. The molecule has 0 aliphatic rings. The Morgan fingerprint density at radius 3 is 2.10 bits per heavy atom. The fraction of sp³-hybridized carbons (Fsp3) is 0.278. The third-order valence-electron chi connectivity index (χ3n) is 7.89. The molecule has 0 radical (unpaired) electrons. The number of ether oxygens (including phenoxy) is 2. The minimum absolute atomic E-state index is 0.0840. The van der Waals surface area contributed by atoms with Gasteiger partial charge in [0.1, 0.15) is 12.6 Å². The van der Waals surface area contributed by atoms with Crippen LogP contribution in [-0.4, -0.2) is 58.0 Å². The Morgan fingerprint density at radius 1 is 0.854 bits per heavy atom. The van der Waals surface area contributed by atoms with Gasteiger partial charge in [-0.05, 0) is 60.9 Å². The topological polar surface area (TPSA) is 105 Å². The Labute approximate surface area is 292 Å². The lowest BCUT2D eigenvalue weighted by Crippen LogP contribution is -2.54. The van der Waals surface area contributed by atoms with Crippen molar-refractivity contribution in [2.75, 3.05) is 25.1 Å². The lowest BCUT2D eigenvalue weighted by atomic mass is 10.0. The molecule has 0 aliphatic carbocycles. The minimum atomic E-state index is -4.35. The number of carbonyl (C=O) groups excluding carboxylic acids is 2. The molecular weight excluding hydrogens is 673 g/mol. The molecule has 0 heterocycles. The van der Waals surface area contributed by atoms with Gasteiger partial charge < -0.3 is 19.7 Å². The van der Waals surface area contributed by atoms with E-state index < -0.39 is 28.5 Å². The van der Waals surface area contributed by atoms with Crippen molar-refractivity contribution in [3.63, 3.8) is 0 Å². The summed E-state index contributed by atoms with van der Waals surface area (Å²) in [5.41, 5.74) is 1.62. The summed E-state index contributed by atoms with van der Waals surface area (Å²) in [5, 5.41) is 3.73. The lowest BCUT2D eigenvalue weighted by Gasteiger charge is -2.34. The van der Waals surface area contributed by atoms with Gasteiger partial charge in [-0.2, -0.15) is 0 Å². The molecule has 1 N–H and O–H groups in total. The van der Waals surface area contributed by atoms with Crippen LogP contribution in [0.15, 0.2) is 102 Å². The number of hydrogen-bond acceptors (Lipinski definition) is 6. The van der Waals surface area contributed by atoms with Crippen molar-refractivity contribution in [2.45, 2.75) is 50.2 Å². The molecule has 2 unspecified atom stereocenters. The van der Waals surface area contributed by atoms with E-state index in [2.05, 4.69) is 5.32 Å². The Kier molecular flexibility index (Phi) is 12.7. The second-order valence-corrected chi connectivity index (χ2v) is 13.9. The van der Waals surface area contributed by atoms with Gasteiger partial charge in [0.2, 0.25) is 11.8 Å². The molecule has 48 heavy (non-hydrogen) atoms. The number of rotatable bonds is 15. The van der Waals surface area contributed by atoms with Crippen molar-refractivity contribution in [3.05, 3.63) is 118 Å². The van der Waals surface area contributed by atoms with Gasteiger partial charge in [0.25, 0.3) is 10.0 Å². The van der Waals surface area contributed by atoms with E-state index in [1.54, 1.807) is 48.5 Å². The van der Waals surface area contributed by atoms with Crippen molar-refractivity contribution in [2.24, 2.45) is 0 Å². The second-order valence-electron chi connectivity index (χ2n) is 11.1. The first-order valence-electron chi connectivity index (χ1n) is 15.4. The summed E-state index contributed by atoms with van der Waals surface area (Å²) in [5.74, 6) is -0.433. The molecule has 12 heteroatoms. The quantitative estimate of drug-likeness (QED) is 0.146. The van der Waals surface area contributed by atoms with Gasteiger partial charge in [-0.3, -0.25) is 13.9 Å². The molecule has 0 fully saturated rings. The fourth-order valence-corrected chi connectivity index (χ4v) is 6.95. The van der Waals surface area contributed by atoms with E-state index in [9.17, 15) is 18.0 Å². The van der Waals surface area contributed by atoms with Gasteiger partial charge in [-0.1, -0.05) is 84.7 Å². The van der Waals surface area contributed by atoms with Crippen molar-refractivity contribution in [1.82, 2.24) is 10.2 Å². The van der Waals surface area contributed by atoms with E-state index in [1.807, 2.05) is 44.2 Å². The maximum absolute atomic E-state index is 14.6. The Hall–Kier alpha value is -4.25. The summed E-state index contributed by atoms with van der Waals surface area (Å²) >= 11 is 12.8. The zero-order valence-corrected chi connectivity index (χ0v) is 29.6. The number of halogens is 2. The molecule has 0 aliphatic heterocycles. The highest BCUT2D eigenvalue weighted by Crippen LogP contribution is 2.33. The van der Waals surface area contributed by atoms with Gasteiger partial charge in [0.15, 0.2) is 11.5 Å². The number of para-hydroxylation sites is 1. The predicted octanol–water partition coefficient (Wildman–Crippen LogP) is 6.76. The summed E-state index contributed by atoms with van der Waals surface area (Å²) in [4.78, 5) is 29.9. The van der Waals surface area contributed by atoms with Crippen LogP contribution in [0.5, 0.6) is 11.5 Å². The number of anilines is 1. The normalized spacial score (nSPS) is 12.5. The van der Waals surface area contributed by atoms with Crippen molar-refractivity contribution >= 4 is 50.7 Å². The van der Waals surface area contributed by atoms with E-state index in [1.165, 1.54) is 37.3 Å². The number of hydrogen-bond donors (Lipinski definition) is 1. The first-order valence-corrected chi connectivity index (χ1v) is 17.6. The zero-order valence-electron chi connectivity index (χ0n) is 27.2. The lowest BCUT2D eigenvalue weighted by molar-refractivity contribution is -0.140. The average Bonchev–Trinajstić information content (AvgIpc) is 3.09. The van der Waals surface area contributed by atoms with Gasteiger partial charge in [0.05, 0.1) is 24.8 Å². The number of nitrogens with one attached hydrogen (secondary N) is 1. The number of methoxy groups -OCH3 is 2. The number of carbonyl (C=O) groups is 2. The van der Waals surface area contributed by atoms with Gasteiger partial charge >= 0.3 is 0 Å². The highest BCUT2D eigenvalue weighted by atomic mass is 35.5. The summed E-state index contributed by atoms with van der Waals surface area (Å²) in [6.07, 6.45) is 0.847. The first-order chi connectivity index (χ1) is 23.0. The number of benzene rings is 4. The third-order valence-corrected chi connectivity index (χ3v) is 10.3. The van der Waals surface area contributed by atoms with Crippen LogP contribution in [0.25, 0.3) is 0 Å².